The largest absolute Gasteiger partial charge is 0.352 e. The molecule has 4 aromatic rings. The smallest absolute Gasteiger partial charge is 0.264 e. The summed E-state index contributed by atoms with van der Waals surface area (Å²) in [5.74, 6) is -0.716. The van der Waals surface area contributed by atoms with E-state index in [0.717, 1.165) is 58.7 Å². The molecule has 48 heavy (non-hydrogen) atoms. The summed E-state index contributed by atoms with van der Waals surface area (Å²) in [4.78, 5) is 30.7. The lowest BCUT2D eigenvalue weighted by molar-refractivity contribution is -0.140. The molecule has 0 saturated heterocycles. The van der Waals surface area contributed by atoms with Gasteiger partial charge in [-0.2, -0.15) is 0 Å². The quantitative estimate of drug-likeness (QED) is 0.167. The molecule has 0 bridgehead atoms. The minimum atomic E-state index is -4.20. The first-order valence-corrected chi connectivity index (χ1v) is 18.4. The van der Waals surface area contributed by atoms with Crippen molar-refractivity contribution >= 4 is 39.1 Å². The second-order valence-corrected chi connectivity index (χ2v) is 15.1. The molecule has 1 N–H and O–H groups in total. The summed E-state index contributed by atoms with van der Waals surface area (Å²) in [6.45, 7) is 5.25. The standard InChI is InChI=1S/C39H44ClN3O4S/c1-28-18-21-35(22-19-28)48(46,47)43(36-23-20-33(40)24-30(36)3)27-38(44)42(26-32-15-11-10-12-29(32)2)37(25-31-13-6-4-7-14-31)39(45)41-34-16-8-5-9-17-34/h4,6-7,10-15,18-24,34,37H,5,8-9,16-17,25-27H2,1-3H3,(H,41,45). The van der Waals surface area contributed by atoms with Crippen LogP contribution in [0.4, 0.5) is 5.69 Å². The van der Waals surface area contributed by atoms with Gasteiger partial charge in [-0.15, -0.1) is 0 Å². The Morgan fingerprint density at radius 1 is 0.833 bits per heavy atom. The molecule has 1 fully saturated rings. The van der Waals surface area contributed by atoms with Gasteiger partial charge in [0.05, 0.1) is 10.6 Å². The first kappa shape index (κ1) is 35.2. The zero-order valence-corrected chi connectivity index (χ0v) is 29.4. The van der Waals surface area contributed by atoms with Gasteiger partial charge < -0.3 is 10.2 Å². The highest BCUT2D eigenvalue weighted by molar-refractivity contribution is 7.92. The van der Waals surface area contributed by atoms with E-state index in [1.807, 2.05) is 68.4 Å². The van der Waals surface area contributed by atoms with Crippen LogP contribution >= 0.6 is 11.6 Å². The summed E-state index contributed by atoms with van der Waals surface area (Å²) in [6.07, 6.45) is 5.32. The second kappa shape index (κ2) is 15.8. The van der Waals surface area contributed by atoms with E-state index in [1.165, 1.54) is 0 Å². The molecule has 0 aliphatic heterocycles. The maximum absolute atomic E-state index is 14.8. The number of rotatable bonds is 12. The maximum atomic E-state index is 14.8. The third kappa shape index (κ3) is 8.65. The predicted molar refractivity (Wildman–Crippen MR) is 193 cm³/mol. The molecule has 1 atom stereocenters. The van der Waals surface area contributed by atoms with Crippen molar-refractivity contribution in [1.82, 2.24) is 10.2 Å². The van der Waals surface area contributed by atoms with Gasteiger partial charge in [-0.1, -0.05) is 103 Å². The Morgan fingerprint density at radius 3 is 2.17 bits per heavy atom. The molecule has 4 aromatic carbocycles. The molecule has 2 amide bonds. The molecule has 9 heteroatoms. The molecule has 0 spiro atoms. The average Bonchev–Trinajstić information content (AvgIpc) is 3.07. The molecular weight excluding hydrogens is 642 g/mol. The predicted octanol–water partition coefficient (Wildman–Crippen LogP) is 7.55. The van der Waals surface area contributed by atoms with E-state index < -0.39 is 28.5 Å². The normalized spacial score (nSPS) is 14.2. The van der Waals surface area contributed by atoms with E-state index in [0.29, 0.717) is 16.3 Å². The van der Waals surface area contributed by atoms with Gasteiger partial charge in [-0.05, 0) is 86.2 Å². The number of carbonyl (C=O) groups excluding carboxylic acids is 2. The average molecular weight is 686 g/mol. The van der Waals surface area contributed by atoms with Crippen LogP contribution in [0.15, 0.2) is 102 Å². The number of hydrogen-bond acceptors (Lipinski definition) is 4. The number of halogens is 1. The van der Waals surface area contributed by atoms with Crippen molar-refractivity contribution in [2.75, 3.05) is 10.8 Å². The minimum Gasteiger partial charge on any atom is -0.352 e. The van der Waals surface area contributed by atoms with E-state index in [-0.39, 0.29) is 29.8 Å². The number of benzene rings is 4. The van der Waals surface area contributed by atoms with Gasteiger partial charge in [0.1, 0.15) is 12.6 Å². The van der Waals surface area contributed by atoms with Gasteiger partial charge in [-0.25, -0.2) is 8.42 Å². The number of nitrogens with one attached hydrogen (secondary N) is 1. The molecule has 0 aromatic heterocycles. The Morgan fingerprint density at radius 2 is 1.50 bits per heavy atom. The summed E-state index contributed by atoms with van der Waals surface area (Å²) in [7, 11) is -4.20. The minimum absolute atomic E-state index is 0.0371. The number of nitrogens with zero attached hydrogens (tertiary/aromatic N) is 2. The number of aryl methyl sites for hydroxylation is 3. The van der Waals surface area contributed by atoms with Gasteiger partial charge in [0.15, 0.2) is 0 Å². The summed E-state index contributed by atoms with van der Waals surface area (Å²) in [5, 5.41) is 3.71. The van der Waals surface area contributed by atoms with E-state index in [4.69, 9.17) is 11.6 Å². The van der Waals surface area contributed by atoms with Crippen LogP contribution in [0.25, 0.3) is 0 Å². The number of sulfonamides is 1. The van der Waals surface area contributed by atoms with Crippen LogP contribution in [0, 0.1) is 20.8 Å². The van der Waals surface area contributed by atoms with Crippen molar-refractivity contribution < 1.29 is 18.0 Å². The Bertz CT molecular complexity index is 1820. The van der Waals surface area contributed by atoms with Crippen molar-refractivity contribution in [2.24, 2.45) is 0 Å². The molecule has 1 saturated carbocycles. The Hall–Kier alpha value is -4.14. The van der Waals surface area contributed by atoms with Crippen LogP contribution < -0.4 is 9.62 Å². The lowest BCUT2D eigenvalue weighted by atomic mass is 9.94. The summed E-state index contributed by atoms with van der Waals surface area (Å²) < 4.78 is 29.9. The molecule has 0 radical (unpaired) electrons. The molecular formula is C39H44ClN3O4S. The number of hydrogen-bond donors (Lipinski definition) is 1. The number of anilines is 1. The van der Waals surface area contributed by atoms with Crippen molar-refractivity contribution in [2.45, 2.75) is 82.8 Å². The van der Waals surface area contributed by atoms with Crippen LogP contribution in [0.5, 0.6) is 0 Å². The molecule has 1 aliphatic rings. The van der Waals surface area contributed by atoms with E-state index in [9.17, 15) is 18.0 Å². The second-order valence-electron chi connectivity index (χ2n) is 12.8. The lowest BCUT2D eigenvalue weighted by Gasteiger charge is -2.35. The SMILES string of the molecule is Cc1ccc(S(=O)(=O)N(CC(=O)N(Cc2ccccc2C)C(Cc2ccccc2)C(=O)NC2CCCCC2)c2ccc(Cl)cc2C)cc1. The fourth-order valence-corrected chi connectivity index (χ4v) is 8.02. The molecule has 1 unspecified atom stereocenters. The van der Waals surface area contributed by atoms with Crippen LogP contribution in [-0.4, -0.2) is 43.8 Å². The zero-order valence-electron chi connectivity index (χ0n) is 27.9. The third-order valence-electron chi connectivity index (χ3n) is 9.14. The van der Waals surface area contributed by atoms with Crippen LogP contribution in [-0.2, 0) is 32.6 Å². The molecule has 252 valence electrons. The van der Waals surface area contributed by atoms with Crippen LogP contribution in [0.3, 0.4) is 0 Å². The van der Waals surface area contributed by atoms with Crippen molar-refractivity contribution in [3.63, 3.8) is 0 Å². The van der Waals surface area contributed by atoms with Gasteiger partial charge >= 0.3 is 0 Å². The fourth-order valence-electron chi connectivity index (χ4n) is 6.32. The highest BCUT2D eigenvalue weighted by atomic mass is 35.5. The van der Waals surface area contributed by atoms with E-state index >= 15 is 0 Å². The Labute approximate surface area is 290 Å². The zero-order chi connectivity index (χ0) is 34.3. The summed E-state index contributed by atoms with van der Waals surface area (Å²) >= 11 is 6.28. The molecule has 0 heterocycles. The lowest BCUT2D eigenvalue weighted by Crippen LogP contribution is -2.55. The maximum Gasteiger partial charge on any atom is 0.264 e. The highest BCUT2D eigenvalue weighted by Crippen LogP contribution is 2.30. The molecule has 1 aliphatic carbocycles. The van der Waals surface area contributed by atoms with Gasteiger partial charge in [-0.3, -0.25) is 13.9 Å². The van der Waals surface area contributed by atoms with Crippen LogP contribution in [0.1, 0.15) is 59.9 Å². The van der Waals surface area contributed by atoms with Gasteiger partial charge in [0, 0.05) is 24.0 Å². The summed E-state index contributed by atoms with van der Waals surface area (Å²) in [5.41, 5.74) is 4.62. The Balaban J connectivity index is 1.59. The summed E-state index contributed by atoms with van der Waals surface area (Å²) in [6, 6.07) is 28.0. The van der Waals surface area contributed by atoms with Crippen LogP contribution in [0.2, 0.25) is 5.02 Å². The first-order valence-electron chi connectivity index (χ1n) is 16.6. The third-order valence-corrected chi connectivity index (χ3v) is 11.1. The first-order chi connectivity index (χ1) is 23.0. The van der Waals surface area contributed by atoms with Gasteiger partial charge in [0.2, 0.25) is 11.8 Å². The van der Waals surface area contributed by atoms with Crippen molar-refractivity contribution in [3.8, 4) is 0 Å². The number of amides is 2. The van der Waals surface area contributed by atoms with Crippen molar-refractivity contribution in [3.05, 3.63) is 130 Å². The van der Waals surface area contributed by atoms with E-state index in [2.05, 4.69) is 5.32 Å². The fraction of sp³-hybridized carbons (Fsp3) is 0.333. The molecule has 5 rings (SSSR count). The Kier molecular flexibility index (Phi) is 11.6. The topological polar surface area (TPSA) is 86.8 Å². The highest BCUT2D eigenvalue weighted by Gasteiger charge is 2.36. The van der Waals surface area contributed by atoms with Gasteiger partial charge in [0.25, 0.3) is 10.0 Å². The van der Waals surface area contributed by atoms with Crippen molar-refractivity contribution in [1.29, 1.82) is 0 Å². The number of carbonyl (C=O) groups is 2. The van der Waals surface area contributed by atoms with E-state index in [1.54, 1.807) is 54.3 Å². The monoisotopic (exact) mass is 685 g/mol. The molecule has 7 nitrogen and oxygen atoms in total.